The molecule has 1 fully saturated rings. The summed E-state index contributed by atoms with van der Waals surface area (Å²) in [5.41, 5.74) is 7.04. The van der Waals surface area contributed by atoms with Crippen molar-refractivity contribution in [3.8, 4) is 5.75 Å². The molecule has 0 aliphatic carbocycles. The first-order valence-electron chi connectivity index (χ1n) is 7.55. The van der Waals surface area contributed by atoms with E-state index in [9.17, 15) is 4.79 Å². The third kappa shape index (κ3) is 4.19. The van der Waals surface area contributed by atoms with Crippen LogP contribution in [0.1, 0.15) is 24.9 Å². The molecule has 1 saturated heterocycles. The van der Waals surface area contributed by atoms with Crippen LogP contribution in [0.3, 0.4) is 0 Å². The average Bonchev–Trinajstić information content (AvgIpc) is 2.52. The van der Waals surface area contributed by atoms with Gasteiger partial charge in [-0.3, -0.25) is 4.79 Å². The third-order valence-corrected chi connectivity index (χ3v) is 3.97. The third-order valence-electron chi connectivity index (χ3n) is 3.97. The number of para-hydroxylation sites is 1. The molecule has 1 atom stereocenters. The Balaban J connectivity index is 1.92. The summed E-state index contributed by atoms with van der Waals surface area (Å²) in [6.07, 6.45) is 0.840. The first-order chi connectivity index (χ1) is 10.1. The van der Waals surface area contributed by atoms with E-state index in [-0.39, 0.29) is 18.6 Å². The normalized spacial score (nSPS) is 17.6. The molecular weight excluding hydrogens is 266 g/mol. The van der Waals surface area contributed by atoms with Gasteiger partial charge in [0, 0.05) is 37.8 Å². The van der Waals surface area contributed by atoms with E-state index >= 15 is 0 Å². The quantitative estimate of drug-likeness (QED) is 0.887. The lowest BCUT2D eigenvalue weighted by molar-refractivity contribution is -0.134. The van der Waals surface area contributed by atoms with Gasteiger partial charge in [0.15, 0.2) is 6.61 Å². The Morgan fingerprint density at radius 3 is 2.62 bits per heavy atom. The van der Waals surface area contributed by atoms with Gasteiger partial charge in [-0.05, 0) is 19.5 Å². The van der Waals surface area contributed by atoms with Crippen molar-refractivity contribution in [1.82, 2.24) is 9.80 Å². The van der Waals surface area contributed by atoms with Crippen LogP contribution in [0.2, 0.25) is 0 Å². The lowest BCUT2D eigenvalue weighted by Gasteiger charge is -2.32. The summed E-state index contributed by atoms with van der Waals surface area (Å²) in [5.74, 6) is 0.761. The van der Waals surface area contributed by atoms with E-state index in [1.807, 2.05) is 36.1 Å². The molecule has 5 nitrogen and oxygen atoms in total. The van der Waals surface area contributed by atoms with Crippen molar-refractivity contribution in [3.05, 3.63) is 29.8 Å². The molecule has 1 aromatic rings. The van der Waals surface area contributed by atoms with Crippen LogP contribution in [0.4, 0.5) is 0 Å². The van der Waals surface area contributed by atoms with Crippen molar-refractivity contribution in [2.45, 2.75) is 19.4 Å². The number of hydrogen-bond donors (Lipinski definition) is 1. The van der Waals surface area contributed by atoms with Crippen LogP contribution in [0.15, 0.2) is 24.3 Å². The summed E-state index contributed by atoms with van der Waals surface area (Å²) in [5, 5.41) is 0. The number of benzene rings is 1. The smallest absolute Gasteiger partial charge is 0.260 e. The van der Waals surface area contributed by atoms with Crippen molar-refractivity contribution in [1.29, 1.82) is 0 Å². The Labute approximate surface area is 126 Å². The van der Waals surface area contributed by atoms with Gasteiger partial charge >= 0.3 is 0 Å². The summed E-state index contributed by atoms with van der Waals surface area (Å²) in [6.45, 7) is 5.50. The van der Waals surface area contributed by atoms with Gasteiger partial charge in [-0.2, -0.15) is 0 Å². The predicted molar refractivity (Wildman–Crippen MR) is 83.2 cm³/mol. The number of nitrogens with zero attached hydrogens (tertiary/aromatic N) is 2. The van der Waals surface area contributed by atoms with E-state index in [1.54, 1.807) is 0 Å². The summed E-state index contributed by atoms with van der Waals surface area (Å²) in [4.78, 5) is 16.3. The fraction of sp³-hybridized carbons (Fsp3) is 0.562. The van der Waals surface area contributed by atoms with E-state index in [1.165, 1.54) is 0 Å². The van der Waals surface area contributed by atoms with Crippen molar-refractivity contribution in [2.24, 2.45) is 5.73 Å². The van der Waals surface area contributed by atoms with Gasteiger partial charge in [0.1, 0.15) is 5.75 Å². The van der Waals surface area contributed by atoms with Crippen LogP contribution in [-0.2, 0) is 4.79 Å². The molecule has 1 unspecified atom stereocenters. The maximum atomic E-state index is 12.2. The highest BCUT2D eigenvalue weighted by Crippen LogP contribution is 2.25. The zero-order chi connectivity index (χ0) is 15.2. The Morgan fingerprint density at radius 1 is 1.29 bits per heavy atom. The van der Waals surface area contributed by atoms with Crippen LogP contribution < -0.4 is 10.5 Å². The van der Waals surface area contributed by atoms with Crippen molar-refractivity contribution >= 4 is 5.91 Å². The number of likely N-dealkylation sites (N-methyl/N-ethyl adjacent to an activating group) is 1. The highest BCUT2D eigenvalue weighted by Gasteiger charge is 2.20. The van der Waals surface area contributed by atoms with E-state index < -0.39 is 0 Å². The minimum atomic E-state index is -0.0556. The predicted octanol–water partition coefficient (Wildman–Crippen LogP) is 1.25. The fourth-order valence-electron chi connectivity index (χ4n) is 2.42. The summed E-state index contributed by atoms with van der Waals surface area (Å²) < 4.78 is 5.72. The van der Waals surface area contributed by atoms with Crippen LogP contribution in [0, 0.1) is 0 Å². The minimum Gasteiger partial charge on any atom is -0.483 e. The highest BCUT2D eigenvalue weighted by atomic mass is 16.5. The lowest BCUT2D eigenvalue weighted by atomic mass is 10.0. The number of carbonyl (C=O) groups is 1. The van der Waals surface area contributed by atoms with E-state index in [4.69, 9.17) is 10.5 Å². The molecule has 1 aliphatic heterocycles. The number of nitrogens with two attached hydrogens (primary N) is 1. The van der Waals surface area contributed by atoms with Gasteiger partial charge in [0.25, 0.3) is 5.91 Å². The molecule has 1 amide bonds. The lowest BCUT2D eigenvalue weighted by Crippen LogP contribution is -2.48. The summed E-state index contributed by atoms with van der Waals surface area (Å²) in [7, 11) is 2.07. The van der Waals surface area contributed by atoms with E-state index in [2.05, 4.69) is 11.9 Å². The second-order valence-electron chi connectivity index (χ2n) is 5.53. The van der Waals surface area contributed by atoms with Gasteiger partial charge in [-0.25, -0.2) is 0 Å². The largest absolute Gasteiger partial charge is 0.483 e. The summed E-state index contributed by atoms with van der Waals surface area (Å²) >= 11 is 0. The Kier molecular flexibility index (Phi) is 5.59. The van der Waals surface area contributed by atoms with E-state index in [0.29, 0.717) is 5.75 Å². The van der Waals surface area contributed by atoms with E-state index in [0.717, 1.165) is 38.2 Å². The molecule has 0 radical (unpaired) electrons. The van der Waals surface area contributed by atoms with Crippen molar-refractivity contribution in [3.63, 3.8) is 0 Å². The van der Waals surface area contributed by atoms with Crippen LogP contribution in [0.25, 0.3) is 0 Å². The van der Waals surface area contributed by atoms with Crippen molar-refractivity contribution in [2.75, 3.05) is 39.8 Å². The van der Waals surface area contributed by atoms with Crippen LogP contribution in [0.5, 0.6) is 5.75 Å². The zero-order valence-electron chi connectivity index (χ0n) is 12.9. The molecule has 116 valence electrons. The first-order valence-corrected chi connectivity index (χ1v) is 7.55. The van der Waals surface area contributed by atoms with Crippen LogP contribution >= 0.6 is 0 Å². The fourth-order valence-corrected chi connectivity index (χ4v) is 2.42. The summed E-state index contributed by atoms with van der Waals surface area (Å²) in [6, 6.07) is 7.63. The molecule has 1 heterocycles. The minimum absolute atomic E-state index is 0.0444. The molecule has 0 spiro atoms. The molecule has 5 heteroatoms. The molecule has 2 rings (SSSR count). The monoisotopic (exact) mass is 291 g/mol. The number of ether oxygens (including phenoxy) is 1. The van der Waals surface area contributed by atoms with Gasteiger partial charge in [-0.1, -0.05) is 25.1 Å². The van der Waals surface area contributed by atoms with Gasteiger partial charge in [0.2, 0.25) is 0 Å². The molecule has 0 bridgehead atoms. The second-order valence-corrected chi connectivity index (χ2v) is 5.53. The molecule has 1 aliphatic rings. The number of carbonyl (C=O) groups excluding carboxylic acids is 1. The highest BCUT2D eigenvalue weighted by molar-refractivity contribution is 5.78. The first kappa shape index (κ1) is 15.8. The Hall–Kier alpha value is -1.59. The number of amides is 1. The zero-order valence-corrected chi connectivity index (χ0v) is 12.9. The maximum Gasteiger partial charge on any atom is 0.260 e. The number of piperazine rings is 1. The van der Waals surface area contributed by atoms with Crippen molar-refractivity contribution < 1.29 is 9.53 Å². The molecule has 1 aromatic carbocycles. The second kappa shape index (κ2) is 7.43. The number of hydrogen-bond acceptors (Lipinski definition) is 4. The van der Waals surface area contributed by atoms with Gasteiger partial charge in [0.05, 0.1) is 0 Å². The Morgan fingerprint density at radius 2 is 1.95 bits per heavy atom. The average molecular weight is 291 g/mol. The maximum absolute atomic E-state index is 12.2. The molecular formula is C16H25N3O2. The molecule has 0 saturated carbocycles. The van der Waals surface area contributed by atoms with Gasteiger partial charge < -0.3 is 20.3 Å². The SMILES string of the molecule is CCC(N)c1ccccc1OCC(=O)N1CCN(C)CC1. The molecule has 2 N–H and O–H groups in total. The van der Waals surface area contributed by atoms with Crippen LogP contribution in [-0.4, -0.2) is 55.5 Å². The molecule has 21 heavy (non-hydrogen) atoms. The standard InChI is InChI=1S/C16H25N3O2/c1-3-14(17)13-6-4-5-7-15(13)21-12-16(20)19-10-8-18(2)9-11-19/h4-7,14H,3,8-12,17H2,1-2H3. The number of rotatable bonds is 5. The molecule has 0 aromatic heterocycles. The van der Waals surface area contributed by atoms with Gasteiger partial charge in [-0.15, -0.1) is 0 Å². The topological polar surface area (TPSA) is 58.8 Å². The Bertz CT molecular complexity index is 470.